The maximum absolute atomic E-state index is 9.90. The molecule has 0 bridgehead atoms. The van der Waals surface area contributed by atoms with Crippen molar-refractivity contribution in [1.29, 1.82) is 5.26 Å². The van der Waals surface area contributed by atoms with Crippen LogP contribution in [0.4, 0.5) is 5.69 Å². The zero-order valence-electron chi connectivity index (χ0n) is 10.6. The molecule has 0 spiro atoms. The molecule has 0 aliphatic heterocycles. The predicted molar refractivity (Wildman–Crippen MR) is 80.7 cm³/mol. The number of nitrogens with zero attached hydrogens (tertiary/aromatic N) is 1. The van der Waals surface area contributed by atoms with Crippen molar-refractivity contribution in [1.82, 2.24) is 0 Å². The van der Waals surface area contributed by atoms with E-state index in [0.29, 0.717) is 16.8 Å². The summed E-state index contributed by atoms with van der Waals surface area (Å²) >= 11 is 3.28. The minimum Gasteiger partial charge on any atom is -0.506 e. The van der Waals surface area contributed by atoms with E-state index in [-0.39, 0.29) is 12.4 Å². The quantitative estimate of drug-likeness (QED) is 0.876. The van der Waals surface area contributed by atoms with Crippen molar-refractivity contribution in [3.8, 4) is 17.6 Å². The summed E-state index contributed by atoms with van der Waals surface area (Å²) in [7, 11) is 0. The molecule has 4 nitrogen and oxygen atoms in total. The summed E-state index contributed by atoms with van der Waals surface area (Å²) in [5.41, 5.74) is 1.66. The van der Waals surface area contributed by atoms with Crippen molar-refractivity contribution in [2.45, 2.75) is 6.54 Å². The number of hydrogen-bond acceptors (Lipinski definition) is 4. The molecule has 5 heteroatoms. The number of nitrogens with one attached hydrogen (secondary N) is 1. The van der Waals surface area contributed by atoms with E-state index in [1.807, 2.05) is 36.4 Å². The Morgan fingerprint density at radius 2 is 2.05 bits per heavy atom. The summed E-state index contributed by atoms with van der Waals surface area (Å²) in [4.78, 5) is 0. The van der Waals surface area contributed by atoms with Crippen LogP contribution in [0.25, 0.3) is 0 Å². The van der Waals surface area contributed by atoms with E-state index in [4.69, 9.17) is 10.00 Å². The molecule has 0 fully saturated rings. The van der Waals surface area contributed by atoms with Crippen LogP contribution in [0.1, 0.15) is 5.56 Å². The molecule has 2 aromatic carbocycles. The summed E-state index contributed by atoms with van der Waals surface area (Å²) in [5, 5.41) is 21.6. The predicted octanol–water partition coefficient (Wildman–Crippen LogP) is 3.67. The number of nitriles is 1. The molecule has 0 atom stereocenters. The highest BCUT2D eigenvalue weighted by atomic mass is 79.9. The van der Waals surface area contributed by atoms with Crippen LogP contribution in [0, 0.1) is 11.3 Å². The van der Waals surface area contributed by atoms with Crippen LogP contribution in [0.5, 0.6) is 11.5 Å². The smallest absolute Gasteiger partial charge is 0.174 e. The van der Waals surface area contributed by atoms with Gasteiger partial charge in [0.2, 0.25) is 0 Å². The SMILES string of the molecule is N#CCOc1cccc(NCc2cccc(Br)c2O)c1. The largest absolute Gasteiger partial charge is 0.506 e. The molecule has 0 radical (unpaired) electrons. The van der Waals surface area contributed by atoms with Gasteiger partial charge in [0.05, 0.1) is 4.47 Å². The van der Waals surface area contributed by atoms with Crippen molar-refractivity contribution >= 4 is 21.6 Å². The second kappa shape index (κ2) is 6.83. The Morgan fingerprint density at radius 3 is 2.85 bits per heavy atom. The second-order valence-electron chi connectivity index (χ2n) is 4.08. The average Bonchev–Trinajstić information content (AvgIpc) is 2.47. The third kappa shape index (κ3) is 3.65. The zero-order chi connectivity index (χ0) is 14.4. The first-order chi connectivity index (χ1) is 9.70. The first-order valence-corrected chi connectivity index (χ1v) is 6.80. The van der Waals surface area contributed by atoms with E-state index >= 15 is 0 Å². The molecule has 0 heterocycles. The fraction of sp³-hybridized carbons (Fsp3) is 0.133. The van der Waals surface area contributed by atoms with Gasteiger partial charge in [0.1, 0.15) is 17.6 Å². The lowest BCUT2D eigenvalue weighted by Gasteiger charge is -2.10. The van der Waals surface area contributed by atoms with Crippen LogP contribution in [0.3, 0.4) is 0 Å². The molecular formula is C15H13BrN2O2. The van der Waals surface area contributed by atoms with Gasteiger partial charge in [-0.25, -0.2) is 0 Å². The van der Waals surface area contributed by atoms with Gasteiger partial charge in [-0.2, -0.15) is 5.26 Å². The third-order valence-electron chi connectivity index (χ3n) is 2.69. The van der Waals surface area contributed by atoms with Gasteiger partial charge in [-0.05, 0) is 34.1 Å². The molecule has 0 unspecified atom stereocenters. The topological polar surface area (TPSA) is 65.3 Å². The van der Waals surface area contributed by atoms with Crippen LogP contribution in [-0.2, 0) is 6.54 Å². The van der Waals surface area contributed by atoms with E-state index in [0.717, 1.165) is 11.3 Å². The van der Waals surface area contributed by atoms with Crippen LogP contribution >= 0.6 is 15.9 Å². The average molecular weight is 333 g/mol. The minimum atomic E-state index is 0.0237. The van der Waals surface area contributed by atoms with Gasteiger partial charge in [-0.3, -0.25) is 0 Å². The lowest BCUT2D eigenvalue weighted by molar-refractivity contribution is 0.368. The highest BCUT2D eigenvalue weighted by Gasteiger charge is 2.04. The number of rotatable bonds is 5. The van der Waals surface area contributed by atoms with Gasteiger partial charge in [0.15, 0.2) is 6.61 Å². The molecule has 102 valence electrons. The highest BCUT2D eigenvalue weighted by Crippen LogP contribution is 2.28. The minimum absolute atomic E-state index is 0.0237. The van der Waals surface area contributed by atoms with Gasteiger partial charge in [0, 0.05) is 23.9 Å². The summed E-state index contributed by atoms with van der Waals surface area (Å²) in [6, 6.07) is 14.8. The van der Waals surface area contributed by atoms with E-state index < -0.39 is 0 Å². The summed E-state index contributed by atoms with van der Waals surface area (Å²) in [5.74, 6) is 0.867. The first-order valence-electron chi connectivity index (χ1n) is 6.01. The summed E-state index contributed by atoms with van der Waals surface area (Å²) in [6.45, 7) is 0.517. The molecule has 2 rings (SSSR count). The van der Waals surface area contributed by atoms with Gasteiger partial charge >= 0.3 is 0 Å². The normalized spacial score (nSPS) is 9.80. The number of phenolic OH excluding ortho intramolecular Hbond substituents is 1. The van der Waals surface area contributed by atoms with Crippen LogP contribution < -0.4 is 10.1 Å². The molecule has 0 aliphatic carbocycles. The summed E-state index contributed by atoms with van der Waals surface area (Å²) in [6.07, 6.45) is 0. The molecule has 0 aromatic heterocycles. The monoisotopic (exact) mass is 332 g/mol. The number of para-hydroxylation sites is 1. The fourth-order valence-corrected chi connectivity index (χ4v) is 2.12. The van der Waals surface area contributed by atoms with E-state index in [2.05, 4.69) is 21.2 Å². The van der Waals surface area contributed by atoms with Gasteiger partial charge < -0.3 is 15.2 Å². The number of ether oxygens (including phenoxy) is 1. The standard InChI is InChI=1S/C15H13BrN2O2/c16-14-6-1-3-11(15(14)19)10-18-12-4-2-5-13(9-12)20-8-7-17/h1-6,9,18-19H,8,10H2. The van der Waals surface area contributed by atoms with Crippen LogP contribution in [-0.4, -0.2) is 11.7 Å². The van der Waals surface area contributed by atoms with Crippen molar-refractivity contribution < 1.29 is 9.84 Å². The van der Waals surface area contributed by atoms with Gasteiger partial charge in [-0.1, -0.05) is 18.2 Å². The number of benzene rings is 2. The van der Waals surface area contributed by atoms with E-state index in [1.54, 1.807) is 12.1 Å². The van der Waals surface area contributed by atoms with Crippen LogP contribution in [0.15, 0.2) is 46.9 Å². The van der Waals surface area contributed by atoms with Crippen molar-refractivity contribution in [3.05, 3.63) is 52.5 Å². The Morgan fingerprint density at radius 1 is 1.25 bits per heavy atom. The zero-order valence-corrected chi connectivity index (χ0v) is 12.2. The van der Waals surface area contributed by atoms with Crippen LogP contribution in [0.2, 0.25) is 0 Å². The Hall–Kier alpha value is -2.19. The molecule has 0 saturated carbocycles. The van der Waals surface area contributed by atoms with Crippen molar-refractivity contribution in [2.75, 3.05) is 11.9 Å². The molecule has 20 heavy (non-hydrogen) atoms. The number of phenols is 1. The second-order valence-corrected chi connectivity index (χ2v) is 4.93. The number of aromatic hydroxyl groups is 1. The maximum Gasteiger partial charge on any atom is 0.174 e. The lowest BCUT2D eigenvalue weighted by Crippen LogP contribution is -2.00. The Labute approximate surface area is 125 Å². The molecule has 2 aromatic rings. The lowest BCUT2D eigenvalue weighted by atomic mass is 10.2. The Bertz CT molecular complexity index is 638. The van der Waals surface area contributed by atoms with Gasteiger partial charge in [0.25, 0.3) is 0 Å². The highest BCUT2D eigenvalue weighted by molar-refractivity contribution is 9.10. The number of hydrogen-bond donors (Lipinski definition) is 2. The number of anilines is 1. The van der Waals surface area contributed by atoms with Gasteiger partial charge in [-0.15, -0.1) is 0 Å². The summed E-state index contributed by atoms with van der Waals surface area (Å²) < 4.78 is 5.90. The Kier molecular flexibility index (Phi) is 4.85. The third-order valence-corrected chi connectivity index (χ3v) is 3.33. The molecule has 0 saturated heterocycles. The van der Waals surface area contributed by atoms with E-state index in [1.165, 1.54) is 0 Å². The number of halogens is 1. The molecule has 0 amide bonds. The van der Waals surface area contributed by atoms with E-state index in [9.17, 15) is 5.11 Å². The van der Waals surface area contributed by atoms with Crippen molar-refractivity contribution in [2.24, 2.45) is 0 Å². The Balaban J connectivity index is 2.04. The van der Waals surface area contributed by atoms with Crippen molar-refractivity contribution in [3.63, 3.8) is 0 Å². The maximum atomic E-state index is 9.90. The molecule has 2 N–H and O–H groups in total. The molecular weight excluding hydrogens is 320 g/mol. The first kappa shape index (κ1) is 14.2. The molecule has 0 aliphatic rings. The fourth-order valence-electron chi connectivity index (χ4n) is 1.71.